The molecule has 0 bridgehead atoms. The van der Waals surface area contributed by atoms with E-state index in [-0.39, 0.29) is 57.5 Å². The molecule has 0 aromatic heterocycles. The van der Waals surface area contributed by atoms with Gasteiger partial charge in [0.2, 0.25) is 0 Å². The number of aliphatic hydroxyl groups excluding tert-OH is 1. The Balaban J connectivity index is 0. The van der Waals surface area contributed by atoms with Crippen LogP contribution in [-0.4, -0.2) is 42.9 Å². The molecule has 0 rings (SSSR count). The van der Waals surface area contributed by atoms with Crippen LogP contribution in [0.3, 0.4) is 0 Å². The number of carboxylic acid groups (broad SMARTS) is 1. The van der Waals surface area contributed by atoms with E-state index in [4.69, 9.17) is 0 Å². The molecule has 18 heavy (non-hydrogen) atoms. The molecule has 0 spiro atoms. The first-order chi connectivity index (χ1) is 8.07. The number of hydrogen-bond acceptors (Lipinski definition) is 5. The maximum atomic E-state index is 10.4. The fraction of sp³-hybridized carbons (Fsp3) is 0.917. The molecule has 2 unspecified atom stereocenters. The molecule has 0 heterocycles. The summed E-state index contributed by atoms with van der Waals surface area (Å²) in [5.41, 5.74) is 0. The molecule has 0 aliphatic heterocycles. The minimum absolute atomic E-state index is 0. The summed E-state index contributed by atoms with van der Waals surface area (Å²) in [6.45, 7) is 5.44. The normalized spacial score (nSPS) is 13.7. The predicted octanol–water partition coefficient (Wildman–Crippen LogP) is -3.75. The Kier molecular flexibility index (Phi) is 17.0. The van der Waals surface area contributed by atoms with Gasteiger partial charge in [0.15, 0.2) is 0 Å². The fourth-order valence-corrected chi connectivity index (χ4v) is 1.46. The second-order valence-electron chi connectivity index (χ2n) is 4.35. The Labute approximate surface area is 153 Å². The number of carbonyl (C=O) groups excluding carboxylic acids is 1. The zero-order valence-electron chi connectivity index (χ0n) is 11.9. The Morgan fingerprint density at radius 1 is 1.33 bits per heavy atom. The third-order valence-electron chi connectivity index (χ3n) is 2.63. The molecule has 5 nitrogen and oxygen atoms in total. The number of carbonyl (C=O) groups is 1. The molecule has 0 aliphatic rings. The van der Waals surface area contributed by atoms with Crippen LogP contribution in [0.1, 0.15) is 39.5 Å². The van der Waals surface area contributed by atoms with Gasteiger partial charge in [-0.1, -0.05) is 26.2 Å². The molecule has 6 heteroatoms. The molecule has 0 aromatic rings. The molecule has 0 saturated heterocycles. The number of aliphatic carboxylic acids is 1. The van der Waals surface area contributed by atoms with Crippen molar-refractivity contribution in [3.8, 4) is 0 Å². The second-order valence-corrected chi connectivity index (χ2v) is 4.35. The summed E-state index contributed by atoms with van der Waals surface area (Å²) >= 11 is 0. The summed E-state index contributed by atoms with van der Waals surface area (Å²) in [6, 6.07) is -0.633. The van der Waals surface area contributed by atoms with Crippen LogP contribution in [0.5, 0.6) is 0 Å². The standard InChI is InChI=1S/C12H26N2O3.K/c1-3-4-5-6-11(15)9-13-7-8-14-10(2)12(16)17;/h10-11,13-15H,3-9H2,1-2H3,(H,16,17);/q;+1/p-1. The van der Waals surface area contributed by atoms with Crippen molar-refractivity contribution in [1.29, 1.82) is 0 Å². The van der Waals surface area contributed by atoms with E-state index in [2.05, 4.69) is 17.6 Å². The van der Waals surface area contributed by atoms with Gasteiger partial charge in [0.05, 0.1) is 12.1 Å². The minimum Gasteiger partial charge on any atom is -0.548 e. The average Bonchev–Trinajstić information content (AvgIpc) is 2.28. The number of aliphatic hydroxyl groups is 1. The largest absolute Gasteiger partial charge is 1.00 e. The van der Waals surface area contributed by atoms with Crippen molar-refractivity contribution in [1.82, 2.24) is 10.6 Å². The van der Waals surface area contributed by atoms with E-state index in [1.807, 2.05) is 0 Å². The molecule has 3 N–H and O–H groups in total. The van der Waals surface area contributed by atoms with Crippen LogP contribution >= 0.6 is 0 Å². The third kappa shape index (κ3) is 13.4. The van der Waals surface area contributed by atoms with E-state index in [9.17, 15) is 15.0 Å². The second kappa shape index (κ2) is 14.4. The van der Waals surface area contributed by atoms with Crippen molar-refractivity contribution < 1.29 is 66.4 Å². The summed E-state index contributed by atoms with van der Waals surface area (Å²) in [7, 11) is 0. The van der Waals surface area contributed by atoms with Crippen molar-refractivity contribution in [2.45, 2.75) is 51.7 Å². The van der Waals surface area contributed by atoms with Gasteiger partial charge in [-0.15, -0.1) is 0 Å². The van der Waals surface area contributed by atoms with E-state index in [0.29, 0.717) is 19.6 Å². The van der Waals surface area contributed by atoms with Gasteiger partial charge < -0.3 is 25.6 Å². The van der Waals surface area contributed by atoms with Crippen LogP contribution in [0.25, 0.3) is 0 Å². The first-order valence-electron chi connectivity index (χ1n) is 6.41. The molecule has 0 aromatic carbocycles. The number of hydrogen-bond donors (Lipinski definition) is 3. The molecule has 2 atom stereocenters. The van der Waals surface area contributed by atoms with E-state index in [1.165, 1.54) is 0 Å². The van der Waals surface area contributed by atoms with Gasteiger partial charge >= 0.3 is 51.4 Å². The molecule has 0 amide bonds. The number of nitrogens with one attached hydrogen (secondary N) is 2. The number of carboxylic acids is 1. The minimum atomic E-state index is -1.09. The van der Waals surface area contributed by atoms with Crippen molar-refractivity contribution >= 4 is 5.97 Å². The molecule has 0 saturated carbocycles. The van der Waals surface area contributed by atoms with E-state index in [0.717, 1.165) is 25.7 Å². The zero-order valence-corrected chi connectivity index (χ0v) is 15.0. The van der Waals surface area contributed by atoms with Crippen LogP contribution in [0.2, 0.25) is 0 Å². The summed E-state index contributed by atoms with van der Waals surface area (Å²) in [5, 5.41) is 25.9. The van der Waals surface area contributed by atoms with Crippen LogP contribution in [0, 0.1) is 0 Å². The van der Waals surface area contributed by atoms with E-state index >= 15 is 0 Å². The van der Waals surface area contributed by atoms with Crippen molar-refractivity contribution in [2.24, 2.45) is 0 Å². The summed E-state index contributed by atoms with van der Waals surface area (Å²) < 4.78 is 0. The van der Waals surface area contributed by atoms with Crippen LogP contribution in [-0.2, 0) is 4.79 Å². The van der Waals surface area contributed by atoms with Gasteiger partial charge in [-0.2, -0.15) is 0 Å². The SMILES string of the molecule is CCCCCC(O)CNCCNC(C)C(=O)[O-].[K+]. The monoisotopic (exact) mass is 284 g/mol. The summed E-state index contributed by atoms with van der Waals surface area (Å²) in [4.78, 5) is 10.4. The van der Waals surface area contributed by atoms with Crippen LogP contribution in [0.15, 0.2) is 0 Å². The molecular formula is C12H25KN2O3. The van der Waals surface area contributed by atoms with Gasteiger partial charge in [0.1, 0.15) is 0 Å². The van der Waals surface area contributed by atoms with Crippen molar-refractivity contribution in [3.05, 3.63) is 0 Å². The molecular weight excluding hydrogens is 259 g/mol. The Morgan fingerprint density at radius 3 is 2.56 bits per heavy atom. The predicted molar refractivity (Wildman–Crippen MR) is 65.5 cm³/mol. The Morgan fingerprint density at radius 2 is 2.00 bits per heavy atom. The van der Waals surface area contributed by atoms with Crippen LogP contribution in [0.4, 0.5) is 0 Å². The molecule has 0 fully saturated rings. The van der Waals surface area contributed by atoms with E-state index < -0.39 is 12.0 Å². The molecule has 0 aliphatic carbocycles. The maximum Gasteiger partial charge on any atom is 1.00 e. The van der Waals surface area contributed by atoms with Crippen molar-refractivity contribution in [3.63, 3.8) is 0 Å². The Bertz CT molecular complexity index is 206. The quantitative estimate of drug-likeness (QED) is 0.268. The van der Waals surface area contributed by atoms with Gasteiger partial charge in [-0.25, -0.2) is 0 Å². The van der Waals surface area contributed by atoms with Crippen molar-refractivity contribution in [2.75, 3.05) is 19.6 Å². The zero-order chi connectivity index (χ0) is 13.1. The third-order valence-corrected chi connectivity index (χ3v) is 2.63. The molecule has 102 valence electrons. The maximum absolute atomic E-state index is 10.4. The number of unbranched alkanes of at least 4 members (excludes halogenated alkanes) is 2. The average molecular weight is 284 g/mol. The topological polar surface area (TPSA) is 84.4 Å². The van der Waals surface area contributed by atoms with Gasteiger partial charge in [-0.3, -0.25) is 0 Å². The van der Waals surface area contributed by atoms with Gasteiger partial charge in [-0.05, 0) is 13.3 Å². The van der Waals surface area contributed by atoms with Crippen LogP contribution < -0.4 is 67.1 Å². The smallest absolute Gasteiger partial charge is 0.548 e. The summed E-state index contributed by atoms with van der Waals surface area (Å²) in [6.07, 6.45) is 3.88. The summed E-state index contributed by atoms with van der Waals surface area (Å²) in [5.74, 6) is -1.09. The Hall–Kier alpha value is 0.986. The first-order valence-corrected chi connectivity index (χ1v) is 6.41. The van der Waals surface area contributed by atoms with E-state index in [1.54, 1.807) is 6.92 Å². The number of rotatable bonds is 11. The first kappa shape index (κ1) is 21.3. The van der Waals surface area contributed by atoms with Gasteiger partial charge in [0, 0.05) is 25.7 Å². The van der Waals surface area contributed by atoms with Gasteiger partial charge in [0.25, 0.3) is 0 Å². The molecule has 0 radical (unpaired) electrons. The fourth-order valence-electron chi connectivity index (χ4n) is 1.46.